The molecule has 0 saturated carbocycles. The van der Waals surface area contributed by atoms with Gasteiger partial charge >= 0.3 is 0 Å². The fraction of sp³-hybridized carbons (Fsp3) is 0.600. The molecule has 2 nitrogen and oxygen atoms in total. The zero-order valence-electron chi connectivity index (χ0n) is 11.5. The summed E-state index contributed by atoms with van der Waals surface area (Å²) in [5.41, 5.74) is 2.33. The lowest BCUT2D eigenvalue weighted by Gasteiger charge is -2.22. The van der Waals surface area contributed by atoms with Gasteiger partial charge in [0.2, 0.25) is 0 Å². The summed E-state index contributed by atoms with van der Waals surface area (Å²) < 4.78 is 0. The Morgan fingerprint density at radius 2 is 1.71 bits per heavy atom. The molecule has 0 aromatic heterocycles. The Bertz CT molecular complexity index is 318. The Morgan fingerprint density at radius 1 is 1.12 bits per heavy atom. The predicted molar refractivity (Wildman–Crippen MR) is 73.1 cm³/mol. The van der Waals surface area contributed by atoms with Crippen LogP contribution in [0.3, 0.4) is 0 Å². The van der Waals surface area contributed by atoms with Crippen molar-refractivity contribution in [1.82, 2.24) is 4.90 Å². The van der Waals surface area contributed by atoms with Gasteiger partial charge in [0.1, 0.15) is 0 Å². The van der Waals surface area contributed by atoms with Gasteiger partial charge in [0.25, 0.3) is 0 Å². The molecule has 0 amide bonds. The van der Waals surface area contributed by atoms with E-state index in [2.05, 4.69) is 44.9 Å². The number of hydrogen-bond acceptors (Lipinski definition) is 2. The van der Waals surface area contributed by atoms with Crippen LogP contribution in [0.2, 0.25) is 0 Å². The number of aliphatic hydroxyl groups excluding tert-OH is 1. The zero-order valence-corrected chi connectivity index (χ0v) is 11.5. The van der Waals surface area contributed by atoms with Gasteiger partial charge < -0.3 is 10.0 Å². The van der Waals surface area contributed by atoms with Gasteiger partial charge in [-0.1, -0.05) is 45.0 Å². The van der Waals surface area contributed by atoms with E-state index in [4.69, 9.17) is 0 Å². The highest BCUT2D eigenvalue weighted by atomic mass is 16.3. The maximum Gasteiger partial charge on any atom is 0.0916 e. The van der Waals surface area contributed by atoms with Crippen LogP contribution >= 0.6 is 0 Å². The normalized spacial score (nSPS) is 13.4. The molecule has 0 aliphatic heterocycles. The minimum Gasteiger partial charge on any atom is -0.387 e. The smallest absolute Gasteiger partial charge is 0.0916 e. The average Bonchev–Trinajstić information content (AvgIpc) is 2.28. The third-order valence-corrected chi connectivity index (χ3v) is 2.93. The number of aliphatic hydroxyl groups is 1. The van der Waals surface area contributed by atoms with E-state index in [9.17, 15) is 5.11 Å². The van der Waals surface area contributed by atoms with E-state index in [0.717, 1.165) is 18.5 Å². The average molecular weight is 235 g/mol. The van der Waals surface area contributed by atoms with Gasteiger partial charge in [-0.25, -0.2) is 0 Å². The Balaban J connectivity index is 2.53. The lowest BCUT2D eigenvalue weighted by molar-refractivity contribution is 0.121. The molecule has 2 heteroatoms. The summed E-state index contributed by atoms with van der Waals surface area (Å²) >= 11 is 0. The van der Waals surface area contributed by atoms with Crippen molar-refractivity contribution in [3.05, 3.63) is 35.4 Å². The van der Waals surface area contributed by atoms with Crippen molar-refractivity contribution in [2.45, 2.75) is 33.3 Å². The number of hydrogen-bond donors (Lipinski definition) is 1. The molecule has 0 heterocycles. The van der Waals surface area contributed by atoms with Crippen LogP contribution < -0.4 is 0 Å². The Morgan fingerprint density at radius 3 is 2.18 bits per heavy atom. The lowest BCUT2D eigenvalue weighted by Crippen LogP contribution is -2.28. The molecule has 0 radical (unpaired) electrons. The molecule has 0 aliphatic rings. The van der Waals surface area contributed by atoms with Crippen LogP contribution in [0.5, 0.6) is 0 Å². The molecule has 0 fully saturated rings. The number of benzene rings is 1. The van der Waals surface area contributed by atoms with Gasteiger partial charge in [0.15, 0.2) is 0 Å². The molecule has 0 aliphatic carbocycles. The minimum absolute atomic E-state index is 0.385. The predicted octanol–water partition coefficient (Wildman–Crippen LogP) is 2.87. The first-order valence-corrected chi connectivity index (χ1v) is 6.48. The van der Waals surface area contributed by atoms with Gasteiger partial charge in [0.05, 0.1) is 6.10 Å². The van der Waals surface area contributed by atoms with Crippen LogP contribution in [0.25, 0.3) is 0 Å². The molecule has 17 heavy (non-hydrogen) atoms. The maximum absolute atomic E-state index is 10.1. The molecule has 1 rings (SSSR count). The van der Waals surface area contributed by atoms with Crippen molar-refractivity contribution in [1.29, 1.82) is 0 Å². The van der Waals surface area contributed by atoms with Gasteiger partial charge in [-0.05, 0) is 30.5 Å². The highest BCUT2D eigenvalue weighted by Gasteiger charge is 2.11. The molecule has 1 aromatic carbocycles. The van der Waals surface area contributed by atoms with Crippen LogP contribution in [0.15, 0.2) is 24.3 Å². The summed E-state index contributed by atoms with van der Waals surface area (Å²) in [6, 6.07) is 8.27. The molecular formula is C15H25NO. The standard InChI is InChI=1S/C15H25NO/c1-5-13-6-8-14(9-7-13)15(17)11-16(4)10-12(2)3/h6-9,12,15,17H,5,10-11H2,1-4H3. The molecular weight excluding hydrogens is 210 g/mol. The minimum atomic E-state index is -0.385. The summed E-state index contributed by atoms with van der Waals surface area (Å²) in [5.74, 6) is 0.634. The van der Waals surface area contributed by atoms with Gasteiger partial charge in [0, 0.05) is 13.1 Å². The van der Waals surface area contributed by atoms with Crippen molar-refractivity contribution >= 4 is 0 Å². The van der Waals surface area contributed by atoms with Crippen LogP contribution in [0, 0.1) is 5.92 Å². The van der Waals surface area contributed by atoms with E-state index >= 15 is 0 Å². The number of rotatable bonds is 6. The van der Waals surface area contributed by atoms with Crippen molar-refractivity contribution in [2.75, 3.05) is 20.1 Å². The van der Waals surface area contributed by atoms with E-state index in [-0.39, 0.29) is 6.10 Å². The van der Waals surface area contributed by atoms with E-state index in [0.29, 0.717) is 12.5 Å². The molecule has 0 saturated heterocycles. The summed E-state index contributed by atoms with van der Waals surface area (Å²) in [4.78, 5) is 2.18. The first-order chi connectivity index (χ1) is 8.02. The van der Waals surface area contributed by atoms with Gasteiger partial charge in [-0.3, -0.25) is 0 Å². The van der Waals surface area contributed by atoms with Crippen molar-refractivity contribution < 1.29 is 5.11 Å². The summed E-state index contributed by atoms with van der Waals surface area (Å²) in [5, 5.41) is 10.1. The van der Waals surface area contributed by atoms with Crippen LogP contribution in [0.4, 0.5) is 0 Å². The van der Waals surface area contributed by atoms with Crippen LogP contribution in [-0.4, -0.2) is 30.1 Å². The quantitative estimate of drug-likeness (QED) is 0.819. The fourth-order valence-electron chi connectivity index (χ4n) is 2.07. The monoisotopic (exact) mass is 235 g/mol. The molecule has 0 spiro atoms. The van der Waals surface area contributed by atoms with Crippen molar-refractivity contribution in [3.8, 4) is 0 Å². The SMILES string of the molecule is CCc1ccc(C(O)CN(C)CC(C)C)cc1. The number of nitrogens with zero attached hydrogens (tertiary/aromatic N) is 1. The summed E-state index contributed by atoms with van der Waals surface area (Å²) in [7, 11) is 2.06. The van der Waals surface area contributed by atoms with Crippen LogP contribution in [-0.2, 0) is 6.42 Å². The second-order valence-electron chi connectivity index (χ2n) is 5.23. The number of aryl methyl sites for hydroxylation is 1. The largest absolute Gasteiger partial charge is 0.387 e. The Labute approximate surface area is 105 Å². The maximum atomic E-state index is 10.1. The van der Waals surface area contributed by atoms with Gasteiger partial charge in [-0.15, -0.1) is 0 Å². The topological polar surface area (TPSA) is 23.5 Å². The molecule has 0 bridgehead atoms. The zero-order chi connectivity index (χ0) is 12.8. The first kappa shape index (κ1) is 14.2. The fourth-order valence-corrected chi connectivity index (χ4v) is 2.07. The highest BCUT2D eigenvalue weighted by molar-refractivity contribution is 5.24. The second kappa shape index (κ2) is 6.77. The summed E-state index contributed by atoms with van der Waals surface area (Å²) in [6.07, 6.45) is 0.661. The van der Waals surface area contributed by atoms with E-state index in [1.807, 2.05) is 12.1 Å². The molecule has 1 aromatic rings. The molecule has 1 atom stereocenters. The Hall–Kier alpha value is -0.860. The van der Waals surface area contributed by atoms with Crippen LogP contribution in [0.1, 0.15) is 38.0 Å². The van der Waals surface area contributed by atoms with E-state index in [1.165, 1.54) is 5.56 Å². The van der Waals surface area contributed by atoms with Crippen molar-refractivity contribution in [2.24, 2.45) is 5.92 Å². The van der Waals surface area contributed by atoms with E-state index in [1.54, 1.807) is 0 Å². The van der Waals surface area contributed by atoms with Gasteiger partial charge in [-0.2, -0.15) is 0 Å². The molecule has 1 unspecified atom stereocenters. The van der Waals surface area contributed by atoms with Crippen molar-refractivity contribution in [3.63, 3.8) is 0 Å². The molecule has 1 N–H and O–H groups in total. The first-order valence-electron chi connectivity index (χ1n) is 6.48. The highest BCUT2D eigenvalue weighted by Crippen LogP contribution is 2.15. The third kappa shape index (κ3) is 4.88. The number of likely N-dealkylation sites (N-methyl/N-ethyl adjacent to an activating group) is 1. The third-order valence-electron chi connectivity index (χ3n) is 2.93. The molecule has 96 valence electrons. The lowest BCUT2D eigenvalue weighted by atomic mass is 10.1. The van der Waals surface area contributed by atoms with E-state index < -0.39 is 0 Å². The summed E-state index contributed by atoms with van der Waals surface area (Å²) in [6.45, 7) is 8.24. The second-order valence-corrected chi connectivity index (χ2v) is 5.23. The Kier molecular flexibility index (Phi) is 5.66.